The molecule has 1 saturated heterocycles. The summed E-state index contributed by atoms with van der Waals surface area (Å²) in [5, 5.41) is 8.87. The molecule has 1 atom stereocenters. The lowest BCUT2D eigenvalue weighted by atomic mass is 9.82. The van der Waals surface area contributed by atoms with E-state index in [2.05, 4.69) is 49.9 Å². The fourth-order valence-corrected chi connectivity index (χ4v) is 3.49. The molecule has 0 saturated carbocycles. The SMILES string of the molecule is Cc1nn(C)c(Cl)c1CN1CC(C)(C)NCC1C(C)(C)C. The molecule has 0 radical (unpaired) electrons. The molecule has 120 valence electrons. The second-order valence-electron chi connectivity index (χ2n) is 8.03. The average Bonchev–Trinajstić information content (AvgIpc) is 2.53. The van der Waals surface area contributed by atoms with Crippen LogP contribution in [-0.2, 0) is 13.6 Å². The molecule has 5 heteroatoms. The largest absolute Gasteiger partial charge is 0.309 e. The maximum absolute atomic E-state index is 6.42. The average molecular weight is 313 g/mol. The quantitative estimate of drug-likeness (QED) is 0.911. The first-order valence-corrected chi connectivity index (χ1v) is 8.06. The van der Waals surface area contributed by atoms with Crippen LogP contribution in [0.3, 0.4) is 0 Å². The summed E-state index contributed by atoms with van der Waals surface area (Å²) in [6, 6.07) is 0.487. The van der Waals surface area contributed by atoms with E-state index in [0.717, 1.165) is 36.0 Å². The molecule has 1 aromatic rings. The minimum Gasteiger partial charge on any atom is -0.309 e. The Morgan fingerprint density at radius 2 is 2.00 bits per heavy atom. The first-order valence-electron chi connectivity index (χ1n) is 7.68. The van der Waals surface area contributed by atoms with Crippen LogP contribution in [0.1, 0.15) is 45.9 Å². The van der Waals surface area contributed by atoms with Gasteiger partial charge in [-0.25, -0.2) is 0 Å². The summed E-state index contributed by atoms with van der Waals surface area (Å²) in [5.74, 6) is 0. The molecule has 21 heavy (non-hydrogen) atoms. The van der Waals surface area contributed by atoms with Gasteiger partial charge in [-0.3, -0.25) is 9.58 Å². The van der Waals surface area contributed by atoms with E-state index in [1.54, 1.807) is 4.68 Å². The number of rotatable bonds is 2. The van der Waals surface area contributed by atoms with Gasteiger partial charge in [-0.15, -0.1) is 0 Å². The molecule has 0 aliphatic carbocycles. The Morgan fingerprint density at radius 3 is 2.48 bits per heavy atom. The molecule has 1 N–H and O–H groups in total. The van der Waals surface area contributed by atoms with Gasteiger partial charge in [-0.1, -0.05) is 32.4 Å². The topological polar surface area (TPSA) is 33.1 Å². The Balaban J connectivity index is 2.28. The van der Waals surface area contributed by atoms with E-state index in [4.69, 9.17) is 11.6 Å². The highest BCUT2D eigenvalue weighted by Gasteiger charge is 2.38. The monoisotopic (exact) mass is 312 g/mol. The van der Waals surface area contributed by atoms with Crippen LogP contribution in [0.25, 0.3) is 0 Å². The van der Waals surface area contributed by atoms with Crippen molar-refractivity contribution in [2.45, 2.75) is 59.7 Å². The summed E-state index contributed by atoms with van der Waals surface area (Å²) < 4.78 is 1.77. The third-order valence-corrected chi connectivity index (χ3v) is 4.92. The number of halogens is 1. The zero-order valence-electron chi connectivity index (χ0n) is 14.4. The Hall–Kier alpha value is -0.580. The van der Waals surface area contributed by atoms with E-state index in [-0.39, 0.29) is 11.0 Å². The van der Waals surface area contributed by atoms with Gasteiger partial charge < -0.3 is 5.32 Å². The second-order valence-corrected chi connectivity index (χ2v) is 8.39. The molecule has 1 unspecified atom stereocenters. The fourth-order valence-electron chi connectivity index (χ4n) is 3.25. The summed E-state index contributed by atoms with van der Waals surface area (Å²) in [6.07, 6.45) is 0. The number of nitrogens with zero attached hydrogens (tertiary/aromatic N) is 3. The molecule has 0 amide bonds. The number of aromatic nitrogens is 2. The summed E-state index contributed by atoms with van der Waals surface area (Å²) in [6.45, 7) is 16.4. The minimum absolute atomic E-state index is 0.129. The predicted molar refractivity (Wildman–Crippen MR) is 88.7 cm³/mol. The summed E-state index contributed by atoms with van der Waals surface area (Å²) in [7, 11) is 1.90. The first kappa shape index (κ1) is 16.8. The van der Waals surface area contributed by atoms with E-state index in [1.165, 1.54) is 0 Å². The van der Waals surface area contributed by atoms with Crippen LogP contribution in [0.2, 0.25) is 5.15 Å². The normalized spacial score (nSPS) is 23.5. The Labute approximate surface area is 133 Å². The van der Waals surface area contributed by atoms with Gasteiger partial charge in [0.25, 0.3) is 0 Å². The molecule has 0 aromatic carbocycles. The minimum atomic E-state index is 0.129. The van der Waals surface area contributed by atoms with Gasteiger partial charge >= 0.3 is 0 Å². The maximum Gasteiger partial charge on any atom is 0.131 e. The van der Waals surface area contributed by atoms with Crippen molar-refractivity contribution in [1.82, 2.24) is 20.0 Å². The first-order chi connectivity index (χ1) is 9.51. The molecular formula is C16H29ClN4. The number of piperazine rings is 1. The van der Waals surface area contributed by atoms with Gasteiger partial charge in [0.2, 0.25) is 0 Å². The van der Waals surface area contributed by atoms with Crippen molar-refractivity contribution in [3.8, 4) is 0 Å². The van der Waals surface area contributed by atoms with Gasteiger partial charge in [-0.2, -0.15) is 5.10 Å². The zero-order chi connectivity index (χ0) is 16.0. The Kier molecular flexibility index (Phi) is 4.45. The van der Waals surface area contributed by atoms with Crippen molar-refractivity contribution in [1.29, 1.82) is 0 Å². The lowest BCUT2D eigenvalue weighted by Crippen LogP contribution is -2.64. The number of hydrogen-bond donors (Lipinski definition) is 1. The van der Waals surface area contributed by atoms with Crippen LogP contribution >= 0.6 is 11.6 Å². The highest BCUT2D eigenvalue weighted by Crippen LogP contribution is 2.31. The molecule has 2 heterocycles. The van der Waals surface area contributed by atoms with Crippen LogP contribution in [0.5, 0.6) is 0 Å². The van der Waals surface area contributed by atoms with Gasteiger partial charge in [0.15, 0.2) is 0 Å². The maximum atomic E-state index is 6.42. The molecule has 1 fully saturated rings. The predicted octanol–water partition coefficient (Wildman–Crippen LogP) is 2.98. The van der Waals surface area contributed by atoms with Crippen molar-refractivity contribution < 1.29 is 0 Å². The highest BCUT2D eigenvalue weighted by atomic mass is 35.5. The lowest BCUT2D eigenvalue weighted by Gasteiger charge is -2.49. The third kappa shape index (κ3) is 3.61. The van der Waals surface area contributed by atoms with Gasteiger partial charge in [0, 0.05) is 43.8 Å². The van der Waals surface area contributed by atoms with Crippen molar-refractivity contribution in [3.05, 3.63) is 16.4 Å². The van der Waals surface area contributed by atoms with Crippen LogP contribution in [0, 0.1) is 12.3 Å². The van der Waals surface area contributed by atoms with E-state index in [9.17, 15) is 0 Å². The number of nitrogens with one attached hydrogen (secondary N) is 1. The van der Waals surface area contributed by atoms with E-state index < -0.39 is 0 Å². The van der Waals surface area contributed by atoms with Crippen LogP contribution in [-0.4, -0.2) is 39.4 Å². The van der Waals surface area contributed by atoms with Crippen LogP contribution in [0.4, 0.5) is 0 Å². The molecule has 0 bridgehead atoms. The highest BCUT2D eigenvalue weighted by molar-refractivity contribution is 6.30. The van der Waals surface area contributed by atoms with E-state index in [0.29, 0.717) is 6.04 Å². The zero-order valence-corrected chi connectivity index (χ0v) is 15.2. The molecule has 0 spiro atoms. The standard InChI is InChI=1S/C16H29ClN4/c1-11-12(14(17)20(7)19-11)9-21-10-16(5,6)18-8-13(21)15(2,3)4/h13,18H,8-10H2,1-7H3. The molecule has 1 aliphatic heterocycles. The molecule has 1 aromatic heterocycles. The molecular weight excluding hydrogens is 284 g/mol. The Bertz CT molecular complexity index is 513. The van der Waals surface area contributed by atoms with Crippen LogP contribution < -0.4 is 5.32 Å². The van der Waals surface area contributed by atoms with Crippen molar-refractivity contribution in [3.63, 3.8) is 0 Å². The van der Waals surface area contributed by atoms with Crippen molar-refractivity contribution in [2.24, 2.45) is 12.5 Å². The van der Waals surface area contributed by atoms with Gasteiger partial charge in [-0.05, 0) is 26.2 Å². The van der Waals surface area contributed by atoms with Gasteiger partial charge in [0.1, 0.15) is 5.15 Å². The lowest BCUT2D eigenvalue weighted by molar-refractivity contribution is 0.0270. The van der Waals surface area contributed by atoms with Crippen LogP contribution in [0.15, 0.2) is 0 Å². The van der Waals surface area contributed by atoms with Crippen molar-refractivity contribution >= 4 is 11.6 Å². The van der Waals surface area contributed by atoms with Crippen molar-refractivity contribution in [2.75, 3.05) is 13.1 Å². The van der Waals surface area contributed by atoms with Gasteiger partial charge in [0.05, 0.1) is 5.69 Å². The second kappa shape index (κ2) is 5.56. The van der Waals surface area contributed by atoms with E-state index >= 15 is 0 Å². The summed E-state index contributed by atoms with van der Waals surface area (Å²) >= 11 is 6.42. The molecule has 2 rings (SSSR count). The summed E-state index contributed by atoms with van der Waals surface area (Å²) in [5.41, 5.74) is 2.55. The fraction of sp³-hybridized carbons (Fsp3) is 0.812. The van der Waals surface area contributed by atoms with E-state index in [1.807, 2.05) is 14.0 Å². The Morgan fingerprint density at radius 1 is 1.38 bits per heavy atom. The third-order valence-electron chi connectivity index (χ3n) is 4.44. The molecule has 1 aliphatic rings. The number of hydrogen-bond acceptors (Lipinski definition) is 3. The summed E-state index contributed by atoms with van der Waals surface area (Å²) in [4.78, 5) is 2.56. The number of aryl methyl sites for hydroxylation is 2. The molecule has 4 nitrogen and oxygen atoms in total. The smallest absolute Gasteiger partial charge is 0.131 e.